The van der Waals surface area contributed by atoms with Crippen molar-refractivity contribution in [1.29, 1.82) is 0 Å². The molecule has 0 amide bonds. The third kappa shape index (κ3) is 8.04. The Bertz CT molecular complexity index is 4250. The number of para-hydroxylation sites is 1. The van der Waals surface area contributed by atoms with Gasteiger partial charge in [0.25, 0.3) is 0 Å². The van der Waals surface area contributed by atoms with Crippen molar-refractivity contribution in [1.82, 2.24) is 9.55 Å². The van der Waals surface area contributed by atoms with Gasteiger partial charge in [-0.2, -0.15) is 0 Å². The smallest absolute Gasteiger partial charge is 0.0544 e. The molecule has 0 radical (unpaired) electrons. The molecule has 352 valence electrons. The van der Waals surface area contributed by atoms with Crippen molar-refractivity contribution in [2.45, 2.75) is 0 Å². The first kappa shape index (κ1) is 43.8. The molecule has 75 heavy (non-hydrogen) atoms. The Balaban J connectivity index is 0.894. The molecule has 0 aliphatic carbocycles. The number of aromatic nitrogens is 2. The third-order valence-corrected chi connectivity index (χ3v) is 15.0. The monoisotopic (exact) mass is 955 g/mol. The van der Waals surface area contributed by atoms with Crippen molar-refractivity contribution in [3.05, 3.63) is 291 Å². The van der Waals surface area contributed by atoms with Gasteiger partial charge in [-0.15, -0.1) is 0 Å². The van der Waals surface area contributed by atoms with Crippen LogP contribution in [0.25, 0.3) is 116 Å². The van der Waals surface area contributed by atoms with Gasteiger partial charge >= 0.3 is 0 Å². The summed E-state index contributed by atoms with van der Waals surface area (Å²) in [5.74, 6) is 0. The third-order valence-electron chi connectivity index (χ3n) is 15.0. The highest BCUT2D eigenvalue weighted by Crippen LogP contribution is 2.43. The molecule has 0 fully saturated rings. The van der Waals surface area contributed by atoms with Gasteiger partial charge in [0, 0.05) is 55.4 Å². The predicted octanol–water partition coefficient (Wildman–Crippen LogP) is 19.9. The summed E-state index contributed by atoms with van der Waals surface area (Å²) in [6.07, 6.45) is 0. The zero-order chi connectivity index (χ0) is 49.7. The minimum absolute atomic E-state index is 1.08. The van der Waals surface area contributed by atoms with Crippen molar-refractivity contribution < 1.29 is 0 Å². The standard InChI is InChI=1S/C72H49N3/c1-5-15-49(16-6-1)53-25-35-60(36-26-53)74(61-37-27-54(28-38-61)50-17-7-2-8-18-50)62-41-31-56(32-42-62)65-47-59(48-68-64-23-13-14-24-69(64)73-72(65)68)58-34-44-71-67(46-58)66-45-57(52-21-11-4-12-22-52)33-43-70(66)75(71)63-39-29-55(30-40-63)51-19-9-3-10-20-51/h1-48,73H. The first-order valence-electron chi connectivity index (χ1n) is 25.7. The molecule has 3 heteroatoms. The summed E-state index contributed by atoms with van der Waals surface area (Å²) in [6.45, 7) is 0. The fraction of sp³-hybridized carbons (Fsp3) is 0. The number of nitrogens with one attached hydrogen (secondary N) is 1. The number of rotatable bonds is 10. The van der Waals surface area contributed by atoms with Gasteiger partial charge in [0.15, 0.2) is 0 Å². The van der Waals surface area contributed by atoms with Crippen LogP contribution in [-0.4, -0.2) is 9.55 Å². The zero-order valence-corrected chi connectivity index (χ0v) is 41.1. The van der Waals surface area contributed by atoms with Gasteiger partial charge in [0.1, 0.15) is 0 Å². The summed E-state index contributed by atoms with van der Waals surface area (Å²) in [4.78, 5) is 6.20. The Morgan fingerprint density at radius 3 is 1.09 bits per heavy atom. The van der Waals surface area contributed by atoms with E-state index in [9.17, 15) is 0 Å². The van der Waals surface area contributed by atoms with E-state index >= 15 is 0 Å². The molecule has 14 aromatic rings. The molecular formula is C72H49N3. The average molecular weight is 956 g/mol. The highest BCUT2D eigenvalue weighted by atomic mass is 15.1. The van der Waals surface area contributed by atoms with Gasteiger partial charge < -0.3 is 14.5 Å². The highest BCUT2D eigenvalue weighted by Gasteiger charge is 2.19. The van der Waals surface area contributed by atoms with Crippen LogP contribution in [-0.2, 0) is 0 Å². The number of H-pyrrole nitrogens is 1. The van der Waals surface area contributed by atoms with Gasteiger partial charge in [0.2, 0.25) is 0 Å². The van der Waals surface area contributed by atoms with Crippen molar-refractivity contribution in [2.24, 2.45) is 0 Å². The predicted molar refractivity (Wildman–Crippen MR) is 317 cm³/mol. The van der Waals surface area contributed by atoms with E-state index in [2.05, 4.69) is 306 Å². The summed E-state index contributed by atoms with van der Waals surface area (Å²) in [7, 11) is 0. The second kappa shape index (κ2) is 18.6. The molecule has 3 nitrogen and oxygen atoms in total. The fourth-order valence-electron chi connectivity index (χ4n) is 11.2. The van der Waals surface area contributed by atoms with Crippen LogP contribution in [0.4, 0.5) is 17.1 Å². The summed E-state index contributed by atoms with van der Waals surface area (Å²) >= 11 is 0. The Labute approximate surface area is 436 Å². The number of fused-ring (bicyclic) bond motifs is 6. The molecule has 0 spiro atoms. The Kier molecular flexibility index (Phi) is 10.8. The van der Waals surface area contributed by atoms with E-state index in [-0.39, 0.29) is 0 Å². The molecule has 14 rings (SSSR count). The van der Waals surface area contributed by atoms with Gasteiger partial charge in [-0.3, -0.25) is 0 Å². The number of nitrogens with zero attached hydrogens (tertiary/aromatic N) is 2. The first-order valence-corrected chi connectivity index (χ1v) is 25.7. The van der Waals surface area contributed by atoms with E-state index in [1.54, 1.807) is 0 Å². The van der Waals surface area contributed by atoms with Gasteiger partial charge in [0.05, 0.1) is 16.6 Å². The second-order valence-electron chi connectivity index (χ2n) is 19.4. The van der Waals surface area contributed by atoms with E-state index in [4.69, 9.17) is 0 Å². The van der Waals surface area contributed by atoms with Gasteiger partial charge in [-0.1, -0.05) is 200 Å². The lowest BCUT2D eigenvalue weighted by atomic mass is 9.94. The van der Waals surface area contributed by atoms with Crippen molar-refractivity contribution in [2.75, 3.05) is 4.90 Å². The minimum atomic E-state index is 1.08. The lowest BCUT2D eigenvalue weighted by Crippen LogP contribution is -2.09. The molecule has 12 aromatic carbocycles. The second-order valence-corrected chi connectivity index (χ2v) is 19.4. The summed E-state index contributed by atoms with van der Waals surface area (Å²) in [5.41, 5.74) is 23.2. The molecule has 0 saturated carbocycles. The maximum absolute atomic E-state index is 3.85. The van der Waals surface area contributed by atoms with Crippen LogP contribution in [0.1, 0.15) is 0 Å². The van der Waals surface area contributed by atoms with Crippen LogP contribution >= 0.6 is 0 Å². The van der Waals surface area contributed by atoms with Gasteiger partial charge in [-0.25, -0.2) is 0 Å². The largest absolute Gasteiger partial charge is 0.354 e. The Hall–Kier alpha value is -9.96. The van der Waals surface area contributed by atoms with Crippen LogP contribution in [0, 0.1) is 0 Å². The lowest BCUT2D eigenvalue weighted by Gasteiger charge is -2.26. The summed E-state index contributed by atoms with van der Waals surface area (Å²) in [6, 6.07) is 106. The molecule has 0 atom stereocenters. The van der Waals surface area contributed by atoms with Crippen molar-refractivity contribution in [3.8, 4) is 72.4 Å². The minimum Gasteiger partial charge on any atom is -0.354 e. The number of aromatic amines is 1. The van der Waals surface area contributed by atoms with Crippen molar-refractivity contribution in [3.63, 3.8) is 0 Å². The summed E-state index contributed by atoms with van der Waals surface area (Å²) < 4.78 is 2.42. The van der Waals surface area contributed by atoms with Crippen LogP contribution in [0.5, 0.6) is 0 Å². The number of hydrogen-bond acceptors (Lipinski definition) is 1. The fourth-order valence-corrected chi connectivity index (χ4v) is 11.2. The highest BCUT2D eigenvalue weighted by molar-refractivity contribution is 6.15. The van der Waals surface area contributed by atoms with E-state index in [0.29, 0.717) is 0 Å². The molecule has 2 heterocycles. The molecule has 0 bridgehead atoms. The quantitative estimate of drug-likeness (QED) is 0.145. The molecule has 1 N–H and O–H groups in total. The molecule has 0 unspecified atom stereocenters. The average Bonchev–Trinajstić information content (AvgIpc) is 4.04. The number of hydrogen-bond donors (Lipinski definition) is 1. The first-order chi connectivity index (χ1) is 37.2. The molecular weight excluding hydrogens is 907 g/mol. The topological polar surface area (TPSA) is 24.0 Å². The maximum Gasteiger partial charge on any atom is 0.0544 e. The zero-order valence-electron chi connectivity index (χ0n) is 41.1. The van der Waals surface area contributed by atoms with Crippen LogP contribution in [0.15, 0.2) is 291 Å². The lowest BCUT2D eigenvalue weighted by molar-refractivity contribution is 1.18. The maximum atomic E-state index is 3.85. The van der Waals surface area contributed by atoms with Crippen molar-refractivity contribution >= 4 is 60.7 Å². The number of benzene rings is 12. The van der Waals surface area contributed by atoms with Crippen LogP contribution in [0.2, 0.25) is 0 Å². The molecule has 0 saturated heterocycles. The molecule has 0 aliphatic rings. The normalized spacial score (nSPS) is 11.5. The Morgan fingerprint density at radius 2 is 0.613 bits per heavy atom. The van der Waals surface area contributed by atoms with E-state index < -0.39 is 0 Å². The SMILES string of the molecule is c1ccc(-c2ccc(N(c3ccc(-c4ccccc4)cc3)c3ccc(-c4cc(-c5ccc6c(c5)c5cc(-c7ccccc7)ccc5n6-c5ccc(-c6ccccc6)cc5)cc5c4[nH]c4ccccc45)cc3)cc2)cc1. The van der Waals surface area contributed by atoms with Crippen LogP contribution in [0.3, 0.4) is 0 Å². The Morgan fingerprint density at radius 1 is 0.253 bits per heavy atom. The summed E-state index contributed by atoms with van der Waals surface area (Å²) in [5, 5.41) is 4.85. The van der Waals surface area contributed by atoms with E-state index in [0.717, 1.165) is 44.9 Å². The molecule has 0 aliphatic heterocycles. The van der Waals surface area contributed by atoms with E-state index in [1.807, 2.05) is 0 Å². The molecule has 2 aromatic heterocycles. The van der Waals surface area contributed by atoms with Crippen LogP contribution < -0.4 is 4.90 Å². The van der Waals surface area contributed by atoms with Gasteiger partial charge in [-0.05, 0) is 152 Å². The number of anilines is 3. The van der Waals surface area contributed by atoms with E-state index in [1.165, 1.54) is 88.2 Å².